The van der Waals surface area contributed by atoms with Crippen molar-refractivity contribution in [1.82, 2.24) is 9.13 Å². The number of hydrogen-bond donors (Lipinski definition) is 0. The number of hydrogen-bond acceptors (Lipinski definition) is 4. The lowest BCUT2D eigenvalue weighted by Gasteiger charge is -2.38. The second kappa shape index (κ2) is 8.93. The van der Waals surface area contributed by atoms with Crippen LogP contribution in [0.1, 0.15) is 44.4 Å². The van der Waals surface area contributed by atoms with E-state index < -0.39 is 20.3 Å². The number of ether oxygens (including phenoxy) is 1. The van der Waals surface area contributed by atoms with E-state index in [1.54, 1.807) is 0 Å². The number of fused-ring (bicyclic) bond motifs is 2. The van der Waals surface area contributed by atoms with Crippen molar-refractivity contribution in [1.29, 1.82) is 0 Å². The Morgan fingerprint density at radius 3 is 2.05 bits per heavy atom. The molecule has 39 heavy (non-hydrogen) atoms. The minimum absolute atomic E-state index is 0.0454. The van der Waals surface area contributed by atoms with Crippen LogP contribution in [0.5, 0.6) is 0 Å². The average molecular weight is 539 g/mol. The standard InChI is InChI=1S/C32H34N2O4Si/c1-32(2,3)39(5,6)38-21-16-15-20(17-21)34-19-25(23-12-8-10-14-27(23)34)29-28(30(35)37-31(29)36)24-18-33(4)26-13-9-7-11-22(24)26/h7-16,18-21H,17H2,1-6H3/t20-,21+/m0/s1. The van der Waals surface area contributed by atoms with Gasteiger partial charge < -0.3 is 18.3 Å². The number of benzene rings is 2. The van der Waals surface area contributed by atoms with Crippen LogP contribution in [-0.2, 0) is 25.8 Å². The summed E-state index contributed by atoms with van der Waals surface area (Å²) in [6, 6.07) is 16.0. The van der Waals surface area contributed by atoms with Gasteiger partial charge in [0.2, 0.25) is 0 Å². The van der Waals surface area contributed by atoms with E-state index in [1.807, 2.05) is 66.5 Å². The second-order valence-corrected chi connectivity index (χ2v) is 16.9. The Morgan fingerprint density at radius 2 is 1.41 bits per heavy atom. The van der Waals surface area contributed by atoms with E-state index in [1.165, 1.54) is 0 Å². The fourth-order valence-corrected chi connectivity index (χ4v) is 6.88. The zero-order chi connectivity index (χ0) is 27.7. The first kappa shape index (κ1) is 25.6. The number of carbonyl (C=O) groups excluding carboxylic acids is 2. The minimum atomic E-state index is -1.92. The summed E-state index contributed by atoms with van der Waals surface area (Å²) in [5.74, 6) is -1.21. The first-order valence-electron chi connectivity index (χ1n) is 13.5. The molecule has 0 amide bonds. The average Bonchev–Trinajstić information content (AvgIpc) is 3.62. The molecule has 0 bridgehead atoms. The maximum absolute atomic E-state index is 13.2. The van der Waals surface area contributed by atoms with Crippen LogP contribution in [-0.4, -0.2) is 35.5 Å². The van der Waals surface area contributed by atoms with E-state index in [9.17, 15) is 9.59 Å². The minimum Gasteiger partial charge on any atom is -0.410 e. The van der Waals surface area contributed by atoms with Crippen molar-refractivity contribution >= 4 is 53.2 Å². The van der Waals surface area contributed by atoms with Gasteiger partial charge in [-0.1, -0.05) is 69.3 Å². The van der Waals surface area contributed by atoms with Crippen molar-refractivity contribution in [2.75, 3.05) is 0 Å². The van der Waals surface area contributed by atoms with Crippen LogP contribution in [0, 0.1) is 0 Å². The highest BCUT2D eigenvalue weighted by atomic mass is 28.4. The summed E-state index contributed by atoms with van der Waals surface area (Å²) in [5.41, 5.74) is 4.05. The van der Waals surface area contributed by atoms with Crippen molar-refractivity contribution in [3.05, 3.63) is 84.2 Å². The van der Waals surface area contributed by atoms with Gasteiger partial charge in [-0.2, -0.15) is 0 Å². The fourth-order valence-electron chi connectivity index (χ4n) is 5.60. The van der Waals surface area contributed by atoms with Gasteiger partial charge in [-0.05, 0) is 30.3 Å². The summed E-state index contributed by atoms with van der Waals surface area (Å²) in [6.07, 6.45) is 9.16. The predicted octanol–water partition coefficient (Wildman–Crippen LogP) is 7.02. The Morgan fingerprint density at radius 1 is 0.846 bits per heavy atom. The Balaban J connectivity index is 1.46. The molecule has 0 radical (unpaired) electrons. The molecule has 2 atom stereocenters. The van der Waals surface area contributed by atoms with Crippen molar-refractivity contribution in [3.63, 3.8) is 0 Å². The smallest absolute Gasteiger partial charge is 0.347 e. The molecule has 0 spiro atoms. The zero-order valence-corrected chi connectivity index (χ0v) is 24.3. The van der Waals surface area contributed by atoms with E-state index in [0.717, 1.165) is 28.2 Å². The third kappa shape index (κ3) is 4.12. The molecule has 3 heterocycles. The summed E-state index contributed by atoms with van der Waals surface area (Å²) in [4.78, 5) is 26.4. The summed E-state index contributed by atoms with van der Waals surface area (Å²) in [6.45, 7) is 11.3. The molecule has 2 aliphatic rings. The molecule has 0 saturated carbocycles. The zero-order valence-electron chi connectivity index (χ0n) is 23.3. The number of allylic oxidation sites excluding steroid dienone is 1. The van der Waals surface area contributed by atoms with Gasteiger partial charge in [0, 0.05) is 58.8 Å². The van der Waals surface area contributed by atoms with Crippen LogP contribution in [0.15, 0.2) is 73.1 Å². The van der Waals surface area contributed by atoms with Gasteiger partial charge in [0.25, 0.3) is 0 Å². The van der Waals surface area contributed by atoms with Gasteiger partial charge in [0.1, 0.15) is 0 Å². The Kier molecular flexibility index (Phi) is 5.86. The van der Waals surface area contributed by atoms with Crippen molar-refractivity contribution in [2.45, 2.75) is 57.5 Å². The molecular formula is C32H34N2O4Si. The van der Waals surface area contributed by atoms with Crippen molar-refractivity contribution in [3.8, 4) is 0 Å². The molecule has 2 aromatic carbocycles. The third-order valence-corrected chi connectivity index (χ3v) is 13.2. The molecule has 0 saturated heterocycles. The Hall–Kier alpha value is -3.68. The maximum atomic E-state index is 13.2. The van der Waals surface area contributed by atoms with Crippen LogP contribution in [0.3, 0.4) is 0 Å². The van der Waals surface area contributed by atoms with Crippen molar-refractivity contribution in [2.24, 2.45) is 7.05 Å². The molecule has 2 aromatic heterocycles. The lowest BCUT2D eigenvalue weighted by molar-refractivity contribution is -0.149. The predicted molar refractivity (Wildman–Crippen MR) is 158 cm³/mol. The monoisotopic (exact) mass is 538 g/mol. The highest BCUT2D eigenvalue weighted by molar-refractivity contribution is 6.74. The molecule has 1 aliphatic heterocycles. The largest absolute Gasteiger partial charge is 0.410 e. The molecule has 0 unspecified atom stereocenters. The molecule has 0 fully saturated rings. The number of carbonyl (C=O) groups is 2. The van der Waals surface area contributed by atoms with Crippen molar-refractivity contribution < 1.29 is 18.8 Å². The summed E-state index contributed by atoms with van der Waals surface area (Å²) < 4.78 is 16.1. The number of para-hydroxylation sites is 2. The van der Waals surface area contributed by atoms with Crippen LogP contribution in [0.25, 0.3) is 33.0 Å². The van der Waals surface area contributed by atoms with Crippen LogP contribution in [0.2, 0.25) is 18.1 Å². The van der Waals surface area contributed by atoms with Crippen LogP contribution >= 0.6 is 0 Å². The fraction of sp³-hybridized carbons (Fsp3) is 0.312. The highest BCUT2D eigenvalue weighted by Gasteiger charge is 2.41. The second-order valence-electron chi connectivity index (χ2n) is 12.2. The number of cyclic esters (lactones) is 2. The molecule has 0 N–H and O–H groups in total. The van der Waals surface area contributed by atoms with Crippen LogP contribution < -0.4 is 0 Å². The number of aromatic nitrogens is 2. The topological polar surface area (TPSA) is 62.5 Å². The van der Waals surface area contributed by atoms with Gasteiger partial charge in [-0.25, -0.2) is 9.59 Å². The van der Waals surface area contributed by atoms with Gasteiger partial charge in [0.05, 0.1) is 23.3 Å². The van der Waals surface area contributed by atoms with E-state index in [2.05, 4.69) is 56.7 Å². The molecule has 1 aliphatic carbocycles. The van der Waals surface area contributed by atoms with Gasteiger partial charge in [-0.3, -0.25) is 0 Å². The third-order valence-electron chi connectivity index (χ3n) is 8.65. The van der Waals surface area contributed by atoms with Gasteiger partial charge in [0.15, 0.2) is 8.32 Å². The van der Waals surface area contributed by atoms with E-state index in [-0.39, 0.29) is 17.2 Å². The molecule has 4 aromatic rings. The van der Waals surface area contributed by atoms with E-state index in [4.69, 9.17) is 9.16 Å². The summed E-state index contributed by atoms with van der Waals surface area (Å²) >= 11 is 0. The van der Waals surface area contributed by atoms with Gasteiger partial charge in [-0.15, -0.1) is 0 Å². The normalized spacial score (nSPS) is 20.2. The van der Waals surface area contributed by atoms with E-state index in [0.29, 0.717) is 22.3 Å². The molecular weight excluding hydrogens is 504 g/mol. The number of nitrogens with zero attached hydrogens (tertiary/aromatic N) is 2. The summed E-state index contributed by atoms with van der Waals surface area (Å²) in [7, 11) is 0.0165. The SMILES string of the molecule is Cn1cc(C2=C(c3cn([C@H]4C=C[C@@H](O[Si](C)(C)C(C)(C)C)C4)c4ccccc34)C(=O)OC2=O)c2ccccc21. The lowest BCUT2D eigenvalue weighted by Crippen LogP contribution is -2.43. The Bertz CT molecular complexity index is 1710. The summed E-state index contributed by atoms with van der Waals surface area (Å²) in [5, 5.41) is 1.96. The molecule has 7 heteroatoms. The van der Waals surface area contributed by atoms with Gasteiger partial charge >= 0.3 is 11.9 Å². The number of rotatable bonds is 5. The Labute approximate surface area is 229 Å². The maximum Gasteiger partial charge on any atom is 0.347 e. The quantitative estimate of drug-likeness (QED) is 0.119. The lowest BCUT2D eigenvalue weighted by atomic mass is 9.95. The molecule has 6 nitrogen and oxygen atoms in total. The highest BCUT2D eigenvalue weighted by Crippen LogP contribution is 2.43. The van der Waals surface area contributed by atoms with E-state index >= 15 is 0 Å². The first-order valence-corrected chi connectivity index (χ1v) is 16.4. The number of esters is 2. The number of aryl methyl sites for hydroxylation is 1. The van der Waals surface area contributed by atoms with Crippen LogP contribution in [0.4, 0.5) is 0 Å². The molecule has 200 valence electrons. The first-order chi connectivity index (χ1) is 18.5. The molecule has 6 rings (SSSR count).